The average Bonchev–Trinajstić information content (AvgIpc) is 2.89. The van der Waals surface area contributed by atoms with Gasteiger partial charge >= 0.3 is 0 Å². The number of likely N-dealkylation sites (tertiary alicyclic amines) is 1. The lowest BCUT2D eigenvalue weighted by Gasteiger charge is -2.38. The molecule has 0 unspecified atom stereocenters. The molecule has 0 aromatic carbocycles. The molecule has 2 heterocycles. The van der Waals surface area contributed by atoms with Gasteiger partial charge in [0.05, 0.1) is 6.61 Å². The van der Waals surface area contributed by atoms with Crippen molar-refractivity contribution in [3.63, 3.8) is 0 Å². The van der Waals surface area contributed by atoms with Gasteiger partial charge in [0, 0.05) is 38.1 Å². The van der Waals surface area contributed by atoms with E-state index in [4.69, 9.17) is 4.74 Å². The average molecular weight is 283 g/mol. The van der Waals surface area contributed by atoms with Gasteiger partial charge in [-0.15, -0.1) is 11.8 Å². The Morgan fingerprint density at radius 1 is 1.21 bits per heavy atom. The van der Waals surface area contributed by atoms with Crippen molar-refractivity contribution >= 4 is 17.7 Å². The van der Waals surface area contributed by atoms with Crippen LogP contribution in [0, 0.1) is 5.92 Å². The Kier molecular flexibility index (Phi) is 4.37. The molecule has 4 heteroatoms. The van der Waals surface area contributed by atoms with Gasteiger partial charge in [-0.2, -0.15) is 0 Å². The SMILES string of the molecule is O=C(CC1CCCCC1)N1CCC2(CC1)OCCS2. The van der Waals surface area contributed by atoms with E-state index in [1.807, 2.05) is 11.8 Å². The first-order valence-electron chi connectivity index (χ1n) is 7.83. The van der Waals surface area contributed by atoms with Crippen LogP contribution in [0.5, 0.6) is 0 Å². The largest absolute Gasteiger partial charge is 0.363 e. The Labute approximate surface area is 120 Å². The van der Waals surface area contributed by atoms with Crippen LogP contribution in [0.25, 0.3) is 0 Å². The molecule has 0 aromatic heterocycles. The molecule has 1 amide bonds. The molecule has 19 heavy (non-hydrogen) atoms. The smallest absolute Gasteiger partial charge is 0.222 e. The molecule has 108 valence electrons. The number of carbonyl (C=O) groups excluding carboxylic acids is 1. The molecule has 3 aliphatic rings. The van der Waals surface area contributed by atoms with Gasteiger partial charge < -0.3 is 9.64 Å². The monoisotopic (exact) mass is 283 g/mol. The standard InChI is InChI=1S/C15H25NO2S/c17-14(12-13-4-2-1-3-5-13)16-8-6-15(7-9-16)18-10-11-19-15/h13H,1-12H2. The van der Waals surface area contributed by atoms with E-state index in [9.17, 15) is 4.79 Å². The van der Waals surface area contributed by atoms with Gasteiger partial charge in [0.25, 0.3) is 0 Å². The van der Waals surface area contributed by atoms with E-state index >= 15 is 0 Å². The number of rotatable bonds is 2. The molecule has 0 radical (unpaired) electrons. The van der Waals surface area contributed by atoms with Gasteiger partial charge in [0.1, 0.15) is 4.93 Å². The van der Waals surface area contributed by atoms with Crippen LogP contribution >= 0.6 is 11.8 Å². The number of amides is 1. The predicted molar refractivity (Wildman–Crippen MR) is 78.1 cm³/mol. The predicted octanol–water partition coefficient (Wildman–Crippen LogP) is 3.04. The van der Waals surface area contributed by atoms with E-state index < -0.39 is 0 Å². The van der Waals surface area contributed by atoms with Crippen molar-refractivity contribution in [1.29, 1.82) is 0 Å². The fourth-order valence-electron chi connectivity index (χ4n) is 3.65. The molecule has 0 bridgehead atoms. The van der Waals surface area contributed by atoms with Crippen LogP contribution < -0.4 is 0 Å². The first-order valence-corrected chi connectivity index (χ1v) is 8.82. The third-order valence-corrected chi connectivity index (χ3v) is 6.30. The lowest BCUT2D eigenvalue weighted by atomic mass is 9.86. The summed E-state index contributed by atoms with van der Waals surface area (Å²) in [5.74, 6) is 2.18. The quantitative estimate of drug-likeness (QED) is 0.780. The van der Waals surface area contributed by atoms with Crippen molar-refractivity contribution in [2.75, 3.05) is 25.4 Å². The van der Waals surface area contributed by atoms with Crippen molar-refractivity contribution < 1.29 is 9.53 Å². The Morgan fingerprint density at radius 2 is 1.95 bits per heavy atom. The molecule has 0 atom stereocenters. The molecule has 0 aromatic rings. The first kappa shape index (κ1) is 13.7. The summed E-state index contributed by atoms with van der Waals surface area (Å²) in [4.78, 5) is 14.5. The van der Waals surface area contributed by atoms with Crippen LogP contribution in [0.3, 0.4) is 0 Å². The molecule has 3 fully saturated rings. The second-order valence-electron chi connectivity index (χ2n) is 6.20. The van der Waals surface area contributed by atoms with E-state index in [-0.39, 0.29) is 4.93 Å². The summed E-state index contributed by atoms with van der Waals surface area (Å²) in [6, 6.07) is 0. The maximum Gasteiger partial charge on any atom is 0.222 e. The summed E-state index contributed by atoms with van der Waals surface area (Å²) in [5, 5.41) is 0. The van der Waals surface area contributed by atoms with Gasteiger partial charge in [-0.25, -0.2) is 0 Å². The lowest BCUT2D eigenvalue weighted by Crippen LogP contribution is -2.45. The number of hydrogen-bond donors (Lipinski definition) is 0. The van der Waals surface area contributed by atoms with Gasteiger partial charge in [0.2, 0.25) is 5.91 Å². The van der Waals surface area contributed by atoms with Crippen LogP contribution in [0.1, 0.15) is 51.4 Å². The molecule has 0 N–H and O–H groups in total. The summed E-state index contributed by atoms with van der Waals surface area (Å²) < 4.78 is 5.88. The molecular formula is C15H25NO2S. The maximum atomic E-state index is 12.3. The number of carbonyl (C=O) groups is 1. The van der Waals surface area contributed by atoms with Crippen LogP contribution in [0.2, 0.25) is 0 Å². The zero-order valence-electron chi connectivity index (χ0n) is 11.7. The van der Waals surface area contributed by atoms with E-state index in [0.717, 1.165) is 44.7 Å². The maximum absolute atomic E-state index is 12.3. The minimum absolute atomic E-state index is 0.0572. The molecular weight excluding hydrogens is 258 g/mol. The summed E-state index contributed by atoms with van der Waals surface area (Å²) in [6.45, 7) is 2.69. The second-order valence-corrected chi connectivity index (χ2v) is 7.64. The zero-order chi connectivity index (χ0) is 13.1. The Bertz CT molecular complexity index is 312. The number of ether oxygens (including phenoxy) is 1. The highest BCUT2D eigenvalue weighted by atomic mass is 32.2. The summed E-state index contributed by atoms with van der Waals surface area (Å²) in [5.41, 5.74) is 0. The number of thioether (sulfide) groups is 1. The van der Waals surface area contributed by atoms with E-state index in [2.05, 4.69) is 4.90 Å². The second kappa shape index (κ2) is 6.04. The van der Waals surface area contributed by atoms with Crippen LogP contribution in [-0.2, 0) is 9.53 Å². The number of hydrogen-bond acceptors (Lipinski definition) is 3. The van der Waals surface area contributed by atoms with Crippen LogP contribution in [-0.4, -0.2) is 41.2 Å². The van der Waals surface area contributed by atoms with Gasteiger partial charge in [0.15, 0.2) is 0 Å². The van der Waals surface area contributed by atoms with Crippen molar-refractivity contribution in [3.8, 4) is 0 Å². The topological polar surface area (TPSA) is 29.5 Å². The number of piperidine rings is 1. The normalized spacial score (nSPS) is 27.9. The molecule has 2 saturated heterocycles. The fourth-order valence-corrected chi connectivity index (χ4v) is 4.83. The van der Waals surface area contributed by atoms with Gasteiger partial charge in [-0.1, -0.05) is 19.3 Å². The van der Waals surface area contributed by atoms with Crippen LogP contribution in [0.4, 0.5) is 0 Å². The molecule has 1 aliphatic carbocycles. The highest BCUT2D eigenvalue weighted by Gasteiger charge is 2.40. The Morgan fingerprint density at radius 3 is 2.58 bits per heavy atom. The molecule has 3 nitrogen and oxygen atoms in total. The molecule has 1 spiro atoms. The van der Waals surface area contributed by atoms with Crippen molar-refractivity contribution in [3.05, 3.63) is 0 Å². The van der Waals surface area contributed by atoms with Gasteiger partial charge in [-0.3, -0.25) is 4.79 Å². The number of nitrogens with zero attached hydrogens (tertiary/aromatic N) is 1. The lowest BCUT2D eigenvalue weighted by molar-refractivity contribution is -0.135. The van der Waals surface area contributed by atoms with Crippen molar-refractivity contribution in [2.45, 2.75) is 56.3 Å². The van der Waals surface area contributed by atoms with Gasteiger partial charge in [-0.05, 0) is 18.8 Å². The first-order chi connectivity index (χ1) is 9.27. The van der Waals surface area contributed by atoms with Crippen LogP contribution in [0.15, 0.2) is 0 Å². The fraction of sp³-hybridized carbons (Fsp3) is 0.933. The molecule has 1 saturated carbocycles. The minimum atomic E-state index is 0.0572. The van der Waals surface area contributed by atoms with Crippen molar-refractivity contribution in [1.82, 2.24) is 4.90 Å². The Hall–Kier alpha value is -0.220. The highest BCUT2D eigenvalue weighted by molar-refractivity contribution is 8.00. The summed E-state index contributed by atoms with van der Waals surface area (Å²) >= 11 is 1.95. The summed E-state index contributed by atoms with van der Waals surface area (Å²) in [7, 11) is 0. The third-order valence-electron chi connectivity index (χ3n) is 4.88. The molecule has 3 rings (SSSR count). The Balaban J connectivity index is 1.46. The third kappa shape index (κ3) is 3.27. The molecule has 2 aliphatic heterocycles. The highest BCUT2D eigenvalue weighted by Crippen LogP contribution is 2.41. The van der Waals surface area contributed by atoms with E-state index in [1.54, 1.807) is 0 Å². The van der Waals surface area contributed by atoms with E-state index in [1.165, 1.54) is 32.1 Å². The summed E-state index contributed by atoms with van der Waals surface area (Å²) in [6.07, 6.45) is 9.39. The van der Waals surface area contributed by atoms with Crippen molar-refractivity contribution in [2.24, 2.45) is 5.92 Å². The zero-order valence-corrected chi connectivity index (χ0v) is 12.6. The minimum Gasteiger partial charge on any atom is -0.363 e. The van der Waals surface area contributed by atoms with E-state index in [0.29, 0.717) is 11.8 Å².